The van der Waals surface area contributed by atoms with Gasteiger partial charge in [0.25, 0.3) is 0 Å². The molecule has 0 atom stereocenters. The molecule has 0 aliphatic carbocycles. The zero-order valence-corrected chi connectivity index (χ0v) is 19.9. The summed E-state index contributed by atoms with van der Waals surface area (Å²) in [7, 11) is 0. The number of fused-ring (bicyclic) bond motifs is 3. The lowest BCUT2D eigenvalue weighted by Crippen LogP contribution is -2.23. The van der Waals surface area contributed by atoms with Crippen LogP contribution in [-0.2, 0) is 4.79 Å². The molecule has 3 aromatic carbocycles. The second kappa shape index (κ2) is 8.83. The van der Waals surface area contributed by atoms with Crippen LogP contribution in [0.4, 0.5) is 5.69 Å². The monoisotopic (exact) mass is 469 g/mol. The average molecular weight is 470 g/mol. The van der Waals surface area contributed by atoms with Crippen LogP contribution >= 0.6 is 11.8 Å². The van der Waals surface area contributed by atoms with E-state index in [4.69, 9.17) is 9.40 Å². The van der Waals surface area contributed by atoms with Crippen LogP contribution in [0.2, 0.25) is 0 Å². The number of nitrogens with zero attached hydrogens (tertiary/aromatic N) is 2. The maximum absolute atomic E-state index is 13.6. The highest BCUT2D eigenvalue weighted by molar-refractivity contribution is 7.99. The van der Waals surface area contributed by atoms with Crippen molar-refractivity contribution in [2.24, 2.45) is 0 Å². The Bertz CT molecular complexity index is 1620. The van der Waals surface area contributed by atoms with Gasteiger partial charge in [-0.25, -0.2) is 4.98 Å². The number of hydrogen-bond donors (Lipinski definition) is 1. The number of rotatable bonds is 5. The molecule has 1 N–H and O–H groups in total. The van der Waals surface area contributed by atoms with Crippen LogP contribution in [0.25, 0.3) is 27.8 Å². The van der Waals surface area contributed by atoms with Gasteiger partial charge in [-0.1, -0.05) is 59.8 Å². The molecule has 5 rings (SSSR count). The summed E-state index contributed by atoms with van der Waals surface area (Å²) in [4.78, 5) is 31.2. The van der Waals surface area contributed by atoms with Crippen molar-refractivity contribution in [1.29, 1.82) is 0 Å². The normalized spacial score (nSPS) is 11.3. The Morgan fingerprint density at radius 3 is 2.56 bits per heavy atom. The van der Waals surface area contributed by atoms with Gasteiger partial charge in [-0.2, -0.15) is 0 Å². The molecule has 0 aliphatic heterocycles. The number of thioether (sulfide) groups is 1. The zero-order chi connectivity index (χ0) is 23.8. The molecule has 2 aromatic heterocycles. The van der Waals surface area contributed by atoms with Gasteiger partial charge in [0, 0.05) is 11.1 Å². The van der Waals surface area contributed by atoms with Gasteiger partial charge in [-0.15, -0.1) is 0 Å². The highest BCUT2D eigenvalue weighted by Gasteiger charge is 2.20. The highest BCUT2D eigenvalue weighted by Crippen LogP contribution is 2.29. The SMILES string of the molecule is Cc1ccc(NC(=O)CSc2nc3c(oc4ccccc43)c(=O)n2-c2ccccc2C)c(C)c1. The smallest absolute Gasteiger partial charge is 0.302 e. The van der Waals surface area contributed by atoms with Crippen LogP contribution in [0, 0.1) is 20.8 Å². The molecule has 34 heavy (non-hydrogen) atoms. The number of aryl methyl sites for hydroxylation is 3. The summed E-state index contributed by atoms with van der Waals surface area (Å²) in [6.45, 7) is 5.91. The van der Waals surface area contributed by atoms with E-state index in [-0.39, 0.29) is 22.8 Å². The van der Waals surface area contributed by atoms with Crippen LogP contribution in [-0.4, -0.2) is 21.2 Å². The van der Waals surface area contributed by atoms with Gasteiger partial charge in [-0.3, -0.25) is 14.2 Å². The Kier molecular flexibility index (Phi) is 5.71. The lowest BCUT2D eigenvalue weighted by molar-refractivity contribution is -0.113. The van der Waals surface area contributed by atoms with E-state index in [2.05, 4.69) is 5.32 Å². The number of carbonyl (C=O) groups is 1. The quantitative estimate of drug-likeness (QED) is 0.260. The Balaban J connectivity index is 1.56. The molecule has 170 valence electrons. The van der Waals surface area contributed by atoms with Crippen LogP contribution in [0.5, 0.6) is 0 Å². The first kappa shape index (κ1) is 22.0. The van der Waals surface area contributed by atoms with E-state index in [1.165, 1.54) is 16.3 Å². The molecule has 0 radical (unpaired) electrons. The molecule has 7 heteroatoms. The van der Waals surface area contributed by atoms with Gasteiger partial charge in [0.1, 0.15) is 11.1 Å². The first-order valence-corrected chi connectivity index (χ1v) is 11.9. The second-order valence-electron chi connectivity index (χ2n) is 8.25. The topological polar surface area (TPSA) is 77.1 Å². The minimum absolute atomic E-state index is 0.104. The summed E-state index contributed by atoms with van der Waals surface area (Å²) in [5.74, 6) is -0.0629. The fourth-order valence-electron chi connectivity index (χ4n) is 4.02. The summed E-state index contributed by atoms with van der Waals surface area (Å²) < 4.78 is 7.42. The third-order valence-corrected chi connectivity index (χ3v) is 6.65. The molecule has 1 amide bonds. The fraction of sp³-hybridized carbons (Fsp3) is 0.148. The van der Waals surface area contributed by atoms with Crippen molar-refractivity contribution in [3.63, 3.8) is 0 Å². The average Bonchev–Trinajstić information content (AvgIpc) is 3.19. The number of nitrogens with one attached hydrogen (secondary N) is 1. The second-order valence-corrected chi connectivity index (χ2v) is 9.20. The van der Waals surface area contributed by atoms with E-state index in [1.54, 1.807) is 0 Å². The third kappa shape index (κ3) is 3.99. The Hall–Kier alpha value is -3.84. The minimum atomic E-state index is -0.298. The number of benzene rings is 3. The van der Waals surface area contributed by atoms with Crippen molar-refractivity contribution in [2.45, 2.75) is 25.9 Å². The Morgan fingerprint density at radius 1 is 1.00 bits per heavy atom. The van der Waals surface area contributed by atoms with Gasteiger partial charge in [-0.05, 0) is 56.2 Å². The van der Waals surface area contributed by atoms with Gasteiger partial charge >= 0.3 is 5.56 Å². The molecule has 0 bridgehead atoms. The lowest BCUT2D eigenvalue weighted by Gasteiger charge is -2.14. The highest BCUT2D eigenvalue weighted by atomic mass is 32.2. The van der Waals surface area contributed by atoms with E-state index in [1.807, 2.05) is 87.5 Å². The van der Waals surface area contributed by atoms with Crippen LogP contribution in [0.15, 0.2) is 81.1 Å². The first-order chi connectivity index (χ1) is 16.4. The molecule has 0 saturated heterocycles. The van der Waals surface area contributed by atoms with E-state index in [9.17, 15) is 9.59 Å². The molecule has 0 unspecified atom stereocenters. The summed E-state index contributed by atoms with van der Waals surface area (Å²) >= 11 is 1.23. The van der Waals surface area contributed by atoms with E-state index in [0.717, 1.165) is 27.8 Å². The van der Waals surface area contributed by atoms with Crippen LogP contribution < -0.4 is 10.9 Å². The molecule has 0 aliphatic rings. The molecule has 0 fully saturated rings. The van der Waals surface area contributed by atoms with Crippen molar-refractivity contribution in [3.05, 3.63) is 93.8 Å². The van der Waals surface area contributed by atoms with Crippen LogP contribution in [0.1, 0.15) is 16.7 Å². The summed E-state index contributed by atoms with van der Waals surface area (Å²) in [6.07, 6.45) is 0. The number of carbonyl (C=O) groups excluding carboxylic acids is 1. The van der Waals surface area contributed by atoms with E-state index >= 15 is 0 Å². The molecule has 6 nitrogen and oxygen atoms in total. The van der Waals surface area contributed by atoms with Crippen molar-refractivity contribution >= 4 is 45.4 Å². The summed E-state index contributed by atoms with van der Waals surface area (Å²) in [6, 6.07) is 20.9. The maximum atomic E-state index is 13.6. The minimum Gasteiger partial charge on any atom is -0.448 e. The number of aromatic nitrogens is 2. The van der Waals surface area contributed by atoms with Crippen molar-refractivity contribution in [1.82, 2.24) is 9.55 Å². The van der Waals surface area contributed by atoms with Gasteiger partial charge in [0.2, 0.25) is 11.5 Å². The van der Waals surface area contributed by atoms with Gasteiger partial charge in [0.15, 0.2) is 5.16 Å². The number of furan rings is 1. The van der Waals surface area contributed by atoms with Crippen molar-refractivity contribution in [3.8, 4) is 5.69 Å². The number of para-hydroxylation sites is 2. The van der Waals surface area contributed by atoms with Gasteiger partial charge in [0.05, 0.1) is 11.4 Å². The molecule has 5 aromatic rings. The van der Waals surface area contributed by atoms with E-state index < -0.39 is 0 Å². The predicted molar refractivity (Wildman–Crippen MR) is 137 cm³/mol. The number of hydrogen-bond acceptors (Lipinski definition) is 5. The summed E-state index contributed by atoms with van der Waals surface area (Å²) in [5.41, 5.74) is 5.55. The van der Waals surface area contributed by atoms with Crippen LogP contribution in [0.3, 0.4) is 0 Å². The first-order valence-electron chi connectivity index (χ1n) is 10.9. The zero-order valence-electron chi connectivity index (χ0n) is 19.1. The maximum Gasteiger partial charge on any atom is 0.302 e. The number of amides is 1. The van der Waals surface area contributed by atoms with Crippen molar-refractivity contribution in [2.75, 3.05) is 11.1 Å². The largest absolute Gasteiger partial charge is 0.448 e. The Labute approximate surface area is 200 Å². The lowest BCUT2D eigenvalue weighted by atomic mass is 10.1. The predicted octanol–water partition coefficient (Wildman–Crippen LogP) is 5.79. The van der Waals surface area contributed by atoms with E-state index in [0.29, 0.717) is 21.9 Å². The summed E-state index contributed by atoms with van der Waals surface area (Å²) in [5, 5.41) is 4.17. The number of anilines is 1. The van der Waals surface area contributed by atoms with Crippen molar-refractivity contribution < 1.29 is 9.21 Å². The molecular weight excluding hydrogens is 446 g/mol. The van der Waals surface area contributed by atoms with Gasteiger partial charge < -0.3 is 9.73 Å². The molecule has 0 saturated carbocycles. The molecule has 2 heterocycles. The Morgan fingerprint density at radius 2 is 1.76 bits per heavy atom. The molecular formula is C27H23N3O3S. The molecule has 0 spiro atoms. The third-order valence-electron chi connectivity index (χ3n) is 5.71. The standard InChI is InChI=1S/C27H23N3O3S/c1-16-12-13-20(18(3)14-16)28-23(31)15-34-27-29-24-19-9-5-7-11-22(19)33-25(24)26(32)30(27)21-10-6-4-8-17(21)2/h4-14H,15H2,1-3H3,(H,28,31). The fourth-order valence-corrected chi connectivity index (χ4v) is 4.81.